The van der Waals surface area contributed by atoms with E-state index in [4.69, 9.17) is 15.9 Å². The molecule has 0 radical (unpaired) electrons. The fourth-order valence-electron chi connectivity index (χ4n) is 0.891. The van der Waals surface area contributed by atoms with E-state index in [0.29, 0.717) is 13.0 Å². The maximum atomic E-state index is 9.04. The van der Waals surface area contributed by atoms with Crippen LogP contribution >= 0.6 is 0 Å². The molecule has 3 nitrogen and oxygen atoms in total. The number of phenols is 2. The number of rotatable bonds is 2. The van der Waals surface area contributed by atoms with E-state index in [9.17, 15) is 0 Å². The van der Waals surface area contributed by atoms with Crippen molar-refractivity contribution < 1.29 is 10.2 Å². The number of benzene rings is 1. The zero-order chi connectivity index (χ0) is 8.27. The van der Waals surface area contributed by atoms with Gasteiger partial charge in [-0.15, -0.1) is 0 Å². The summed E-state index contributed by atoms with van der Waals surface area (Å²) in [6, 6.07) is 4.71. The summed E-state index contributed by atoms with van der Waals surface area (Å²) in [7, 11) is 0. The van der Waals surface area contributed by atoms with Crippen LogP contribution in [0.2, 0.25) is 0 Å². The second-order valence-corrected chi connectivity index (χ2v) is 2.36. The first-order valence-corrected chi connectivity index (χ1v) is 3.45. The first-order valence-electron chi connectivity index (χ1n) is 3.45. The Morgan fingerprint density at radius 2 is 1.83 bits per heavy atom. The average molecular weight is 161 g/mol. The molecule has 0 heterocycles. The molecule has 0 fully saturated rings. The molecule has 0 aliphatic heterocycles. The molecule has 0 aliphatic rings. The Kier molecular flexibility index (Phi) is 4.83. The van der Waals surface area contributed by atoms with Gasteiger partial charge in [0.05, 0.1) is 0 Å². The molecule has 0 amide bonds. The Bertz CT molecular complexity index is 253. The summed E-state index contributed by atoms with van der Waals surface area (Å²) in [6.07, 6.45) is 0.716. The van der Waals surface area contributed by atoms with Crippen LogP contribution in [0.1, 0.15) is 5.56 Å². The van der Waals surface area contributed by atoms with Crippen molar-refractivity contribution in [1.29, 1.82) is 0 Å². The molecule has 0 unspecified atom stereocenters. The number of hydrogen-bond donors (Lipinski definition) is 3. The van der Waals surface area contributed by atoms with Gasteiger partial charge < -0.3 is 15.9 Å². The number of nitrogens with two attached hydrogens (primary N) is 1. The summed E-state index contributed by atoms with van der Waals surface area (Å²) in [4.78, 5) is 0. The molecule has 0 atom stereocenters. The van der Waals surface area contributed by atoms with Crippen molar-refractivity contribution in [2.75, 3.05) is 6.54 Å². The van der Waals surface area contributed by atoms with Gasteiger partial charge in [0.2, 0.25) is 0 Å². The minimum atomic E-state index is -0.0919. The molecule has 0 bridgehead atoms. The van der Waals surface area contributed by atoms with Crippen LogP contribution in [0.4, 0.5) is 0 Å². The maximum absolute atomic E-state index is 9.04. The van der Waals surface area contributed by atoms with E-state index in [1.807, 2.05) is 0 Å². The van der Waals surface area contributed by atoms with Gasteiger partial charge in [0.15, 0.2) is 11.5 Å². The van der Waals surface area contributed by atoms with Crippen LogP contribution < -0.4 is 5.73 Å². The normalized spacial score (nSPS) is 9.08. The molecule has 1 rings (SSSR count). The summed E-state index contributed by atoms with van der Waals surface area (Å²) in [6.45, 7) is 0.546. The van der Waals surface area contributed by atoms with Gasteiger partial charge in [0.25, 0.3) is 0 Å². The van der Waals surface area contributed by atoms with Gasteiger partial charge in [0.1, 0.15) is 0 Å². The second-order valence-electron chi connectivity index (χ2n) is 2.36. The van der Waals surface area contributed by atoms with E-state index in [-0.39, 0.29) is 30.4 Å². The van der Waals surface area contributed by atoms with Crippen LogP contribution in [-0.2, 0) is 6.42 Å². The van der Waals surface area contributed by atoms with Crippen molar-refractivity contribution in [3.63, 3.8) is 0 Å². The fraction of sp³-hybridized carbons (Fsp3) is 0.250. The molecule has 0 spiro atoms. The van der Waals surface area contributed by atoms with E-state index in [1.165, 1.54) is 12.1 Å². The zero-order valence-corrected chi connectivity index (χ0v) is 6.12. The topological polar surface area (TPSA) is 66.5 Å². The summed E-state index contributed by atoms with van der Waals surface area (Å²) in [5, 5.41) is 18.0. The van der Waals surface area contributed by atoms with Crippen molar-refractivity contribution in [2.45, 2.75) is 6.42 Å². The van der Waals surface area contributed by atoms with Gasteiger partial charge in [-0.3, -0.25) is 0 Å². The molecule has 0 saturated carbocycles. The molecule has 12 heavy (non-hydrogen) atoms. The molecular formula is C8H12LiNO2. The second kappa shape index (κ2) is 5.10. The number of aromatic hydroxyl groups is 2. The number of hydrogen-bond acceptors (Lipinski definition) is 3. The molecule has 1 aromatic carbocycles. The predicted octanol–water partition coefficient (Wildman–Crippen LogP) is -0.0495. The zero-order valence-electron chi connectivity index (χ0n) is 6.12. The van der Waals surface area contributed by atoms with Gasteiger partial charge in [-0.25, -0.2) is 0 Å². The van der Waals surface area contributed by atoms with Gasteiger partial charge >= 0.3 is 18.9 Å². The molecule has 0 saturated heterocycles. The van der Waals surface area contributed by atoms with Crippen molar-refractivity contribution in [2.24, 2.45) is 5.73 Å². The van der Waals surface area contributed by atoms with Crippen LogP contribution in [0.15, 0.2) is 18.2 Å². The van der Waals surface area contributed by atoms with Crippen LogP contribution in [0.5, 0.6) is 11.5 Å². The van der Waals surface area contributed by atoms with E-state index in [1.54, 1.807) is 6.07 Å². The van der Waals surface area contributed by atoms with E-state index in [0.717, 1.165) is 5.56 Å². The Morgan fingerprint density at radius 1 is 1.17 bits per heavy atom. The number of phenolic OH excluding ortho intramolecular Hbond substituents is 2. The molecule has 62 valence electrons. The van der Waals surface area contributed by atoms with E-state index >= 15 is 0 Å². The standard InChI is InChI=1S/C8H11NO2.Li.H/c9-4-3-6-1-2-7(10)8(11)5-6;;/h1-2,5,10-11H,3-4,9H2;;. The van der Waals surface area contributed by atoms with Crippen molar-refractivity contribution >= 4 is 18.9 Å². The first-order chi connectivity index (χ1) is 5.24. The van der Waals surface area contributed by atoms with Crippen LogP contribution in [0.25, 0.3) is 0 Å². The summed E-state index contributed by atoms with van der Waals surface area (Å²) in [5.41, 5.74) is 6.24. The van der Waals surface area contributed by atoms with Crippen LogP contribution in [0, 0.1) is 0 Å². The third kappa shape index (κ3) is 2.78. The van der Waals surface area contributed by atoms with Crippen molar-refractivity contribution in [3.8, 4) is 11.5 Å². The molecule has 0 aromatic heterocycles. The van der Waals surface area contributed by atoms with Crippen LogP contribution in [-0.4, -0.2) is 35.6 Å². The molecule has 0 aliphatic carbocycles. The Balaban J connectivity index is 0.00000121. The quantitative estimate of drug-likeness (QED) is 0.421. The van der Waals surface area contributed by atoms with Gasteiger partial charge in [0, 0.05) is 0 Å². The van der Waals surface area contributed by atoms with Gasteiger partial charge in [-0.1, -0.05) is 6.07 Å². The SMILES string of the molecule is NCCc1ccc(O)c(O)c1.[LiH]. The Labute approximate surface area is 83.4 Å². The predicted molar refractivity (Wildman–Crippen MR) is 49.7 cm³/mol. The molecule has 4 N–H and O–H groups in total. The molecule has 4 heteroatoms. The van der Waals surface area contributed by atoms with Gasteiger partial charge in [-0.2, -0.15) is 0 Å². The van der Waals surface area contributed by atoms with Crippen molar-refractivity contribution in [3.05, 3.63) is 23.8 Å². The van der Waals surface area contributed by atoms with Crippen LogP contribution in [0.3, 0.4) is 0 Å². The fourth-order valence-corrected chi connectivity index (χ4v) is 0.891. The molecular weight excluding hydrogens is 149 g/mol. The monoisotopic (exact) mass is 161 g/mol. The van der Waals surface area contributed by atoms with E-state index in [2.05, 4.69) is 0 Å². The Hall–Kier alpha value is -0.623. The third-order valence-electron chi connectivity index (χ3n) is 1.47. The van der Waals surface area contributed by atoms with E-state index < -0.39 is 0 Å². The Morgan fingerprint density at radius 3 is 2.33 bits per heavy atom. The minimum absolute atomic E-state index is 0. The molecule has 1 aromatic rings. The van der Waals surface area contributed by atoms with Gasteiger partial charge in [-0.05, 0) is 30.7 Å². The third-order valence-corrected chi connectivity index (χ3v) is 1.47. The summed E-state index contributed by atoms with van der Waals surface area (Å²) in [5.74, 6) is -0.179. The summed E-state index contributed by atoms with van der Waals surface area (Å²) < 4.78 is 0. The summed E-state index contributed by atoms with van der Waals surface area (Å²) >= 11 is 0. The average Bonchev–Trinajstić information content (AvgIpc) is 1.98. The van der Waals surface area contributed by atoms with Crippen molar-refractivity contribution in [1.82, 2.24) is 0 Å². The first kappa shape index (κ1) is 11.4.